The third-order valence-electron chi connectivity index (χ3n) is 1.87. The molecule has 0 saturated heterocycles. The quantitative estimate of drug-likeness (QED) is 0.863. The van der Waals surface area contributed by atoms with E-state index in [0.29, 0.717) is 0 Å². The Bertz CT molecular complexity index is 429. The fourth-order valence-corrected chi connectivity index (χ4v) is 1.33. The van der Waals surface area contributed by atoms with Crippen LogP contribution >= 0.6 is 0 Å². The van der Waals surface area contributed by atoms with Crippen molar-refractivity contribution in [2.24, 2.45) is 0 Å². The first-order chi connectivity index (χ1) is 8.62. The molecule has 0 aliphatic carbocycles. The largest absolute Gasteiger partial charge is 0.573 e. The summed E-state index contributed by atoms with van der Waals surface area (Å²) in [6.45, 7) is -0.111. The van der Waals surface area contributed by atoms with Gasteiger partial charge in [0.05, 0.1) is 0 Å². The number of benzene rings is 1. The van der Waals surface area contributed by atoms with Crippen LogP contribution in [0.15, 0.2) is 18.2 Å². The van der Waals surface area contributed by atoms with Crippen molar-refractivity contribution in [3.8, 4) is 11.5 Å². The van der Waals surface area contributed by atoms with Gasteiger partial charge in [-0.3, -0.25) is 0 Å². The van der Waals surface area contributed by atoms with Gasteiger partial charge in [0.1, 0.15) is 0 Å². The predicted octanol–water partition coefficient (Wildman–Crippen LogP) is 3.20. The highest BCUT2D eigenvalue weighted by atomic mass is 19.4. The van der Waals surface area contributed by atoms with Gasteiger partial charge in [-0.15, -0.1) is 26.3 Å². The van der Waals surface area contributed by atoms with Crippen molar-refractivity contribution in [3.63, 3.8) is 0 Å². The molecule has 0 amide bonds. The van der Waals surface area contributed by atoms with E-state index in [2.05, 4.69) is 14.8 Å². The number of nitrogens with one attached hydrogen (secondary N) is 1. The monoisotopic (exact) mass is 289 g/mol. The molecule has 0 radical (unpaired) electrons. The molecule has 9 heteroatoms. The van der Waals surface area contributed by atoms with E-state index in [1.807, 2.05) is 0 Å². The Morgan fingerprint density at radius 1 is 1.00 bits per heavy atom. The van der Waals surface area contributed by atoms with Gasteiger partial charge in [-0.05, 0) is 13.1 Å². The molecule has 3 nitrogen and oxygen atoms in total. The molecular weight excluding hydrogens is 280 g/mol. The van der Waals surface area contributed by atoms with E-state index >= 15 is 0 Å². The average molecular weight is 289 g/mol. The maximum atomic E-state index is 12.2. The van der Waals surface area contributed by atoms with Gasteiger partial charge in [0, 0.05) is 12.1 Å². The van der Waals surface area contributed by atoms with E-state index in [4.69, 9.17) is 0 Å². The van der Waals surface area contributed by atoms with E-state index in [1.54, 1.807) is 0 Å². The molecule has 1 aromatic carbocycles. The minimum Gasteiger partial charge on any atom is -0.402 e. The third kappa shape index (κ3) is 5.25. The van der Waals surface area contributed by atoms with Crippen LogP contribution in [0.25, 0.3) is 0 Å². The lowest BCUT2D eigenvalue weighted by molar-refractivity contribution is -0.287. The van der Waals surface area contributed by atoms with Gasteiger partial charge in [-0.1, -0.05) is 12.1 Å². The summed E-state index contributed by atoms with van der Waals surface area (Å²) in [5, 5.41) is 2.52. The molecule has 0 bridgehead atoms. The zero-order chi connectivity index (χ0) is 14.7. The van der Waals surface area contributed by atoms with Crippen LogP contribution in [0.1, 0.15) is 5.56 Å². The number of hydrogen-bond donors (Lipinski definition) is 1. The summed E-state index contributed by atoms with van der Waals surface area (Å²) in [4.78, 5) is 0. The predicted molar refractivity (Wildman–Crippen MR) is 52.6 cm³/mol. The molecule has 0 atom stereocenters. The fraction of sp³-hybridized carbons (Fsp3) is 0.400. The van der Waals surface area contributed by atoms with E-state index in [1.165, 1.54) is 13.1 Å². The summed E-state index contributed by atoms with van der Waals surface area (Å²) in [6, 6.07) is 3.07. The Labute approximate surface area is 104 Å². The Balaban J connectivity index is 3.17. The lowest BCUT2D eigenvalue weighted by Crippen LogP contribution is -2.22. The molecule has 0 spiro atoms. The van der Waals surface area contributed by atoms with E-state index in [-0.39, 0.29) is 12.1 Å². The SMILES string of the molecule is CNCc1cccc(OC(F)(F)F)c1OC(F)(F)F. The van der Waals surface area contributed by atoms with Crippen LogP contribution in [0.2, 0.25) is 0 Å². The van der Waals surface area contributed by atoms with Crippen molar-refractivity contribution in [2.45, 2.75) is 19.3 Å². The molecule has 0 aliphatic heterocycles. The fourth-order valence-electron chi connectivity index (χ4n) is 1.33. The first kappa shape index (κ1) is 15.4. The number of alkyl halides is 6. The lowest BCUT2D eigenvalue weighted by Gasteiger charge is -2.18. The van der Waals surface area contributed by atoms with Crippen molar-refractivity contribution in [1.29, 1.82) is 0 Å². The highest BCUT2D eigenvalue weighted by molar-refractivity contribution is 5.46. The topological polar surface area (TPSA) is 30.5 Å². The molecule has 19 heavy (non-hydrogen) atoms. The van der Waals surface area contributed by atoms with E-state index in [9.17, 15) is 26.3 Å². The Morgan fingerprint density at radius 3 is 2.05 bits per heavy atom. The van der Waals surface area contributed by atoms with Crippen LogP contribution in [0.4, 0.5) is 26.3 Å². The Hall–Kier alpha value is -1.64. The maximum Gasteiger partial charge on any atom is 0.573 e. The number of rotatable bonds is 4. The summed E-state index contributed by atoms with van der Waals surface area (Å²) in [5.41, 5.74) is -0.110. The van der Waals surface area contributed by atoms with Gasteiger partial charge < -0.3 is 14.8 Å². The molecule has 1 rings (SSSR count). The van der Waals surface area contributed by atoms with Crippen molar-refractivity contribution in [3.05, 3.63) is 23.8 Å². The molecule has 1 N–H and O–H groups in total. The van der Waals surface area contributed by atoms with E-state index in [0.717, 1.165) is 12.1 Å². The number of para-hydroxylation sites is 1. The number of halogens is 6. The zero-order valence-electron chi connectivity index (χ0n) is 9.52. The first-order valence-corrected chi connectivity index (χ1v) is 4.90. The molecule has 0 fully saturated rings. The standard InChI is InChI=1S/C10H9F6NO2/c1-17-5-6-3-2-4-7(18-9(11,12)13)8(6)19-10(14,15)16/h2-4,17H,5H2,1H3. The number of ether oxygens (including phenoxy) is 2. The second kappa shape index (κ2) is 5.55. The molecule has 0 aliphatic rings. The van der Waals surface area contributed by atoms with Gasteiger partial charge >= 0.3 is 12.7 Å². The van der Waals surface area contributed by atoms with Crippen LogP contribution in [0.3, 0.4) is 0 Å². The zero-order valence-corrected chi connectivity index (χ0v) is 9.52. The summed E-state index contributed by atoms with van der Waals surface area (Å²) in [6.07, 6.45) is -10.2. The highest BCUT2D eigenvalue weighted by Crippen LogP contribution is 2.38. The summed E-state index contributed by atoms with van der Waals surface area (Å²) < 4.78 is 80.0. The van der Waals surface area contributed by atoms with Crippen molar-refractivity contribution in [2.75, 3.05) is 7.05 Å². The normalized spacial score (nSPS) is 12.4. The molecule has 108 valence electrons. The van der Waals surface area contributed by atoms with Gasteiger partial charge in [-0.2, -0.15) is 0 Å². The van der Waals surface area contributed by atoms with Crippen molar-refractivity contribution < 1.29 is 35.8 Å². The Morgan fingerprint density at radius 2 is 1.58 bits per heavy atom. The summed E-state index contributed by atoms with van der Waals surface area (Å²) >= 11 is 0. The van der Waals surface area contributed by atoms with Gasteiger partial charge in [0.15, 0.2) is 11.5 Å². The second-order valence-corrected chi connectivity index (χ2v) is 3.37. The molecular formula is C10H9F6NO2. The number of hydrogen-bond acceptors (Lipinski definition) is 3. The summed E-state index contributed by atoms with van der Waals surface area (Å²) in [7, 11) is 1.43. The van der Waals surface area contributed by atoms with Crippen LogP contribution < -0.4 is 14.8 Å². The molecule has 0 heterocycles. The molecule has 0 saturated carbocycles. The van der Waals surface area contributed by atoms with Crippen molar-refractivity contribution >= 4 is 0 Å². The minimum atomic E-state index is -5.12. The smallest absolute Gasteiger partial charge is 0.402 e. The van der Waals surface area contributed by atoms with Crippen LogP contribution in [0.5, 0.6) is 11.5 Å². The van der Waals surface area contributed by atoms with Crippen LogP contribution in [0, 0.1) is 0 Å². The average Bonchev–Trinajstić information content (AvgIpc) is 2.19. The van der Waals surface area contributed by atoms with Gasteiger partial charge in [-0.25, -0.2) is 0 Å². The summed E-state index contributed by atoms with van der Waals surface area (Å²) in [5.74, 6) is -2.06. The van der Waals surface area contributed by atoms with Gasteiger partial charge in [0.2, 0.25) is 0 Å². The van der Waals surface area contributed by atoms with Crippen LogP contribution in [-0.4, -0.2) is 19.8 Å². The molecule has 1 aromatic rings. The lowest BCUT2D eigenvalue weighted by atomic mass is 10.2. The minimum absolute atomic E-state index is 0.110. The van der Waals surface area contributed by atoms with E-state index < -0.39 is 24.2 Å². The van der Waals surface area contributed by atoms with Gasteiger partial charge in [0.25, 0.3) is 0 Å². The third-order valence-corrected chi connectivity index (χ3v) is 1.87. The van der Waals surface area contributed by atoms with Crippen LogP contribution in [-0.2, 0) is 6.54 Å². The first-order valence-electron chi connectivity index (χ1n) is 4.90. The Kier molecular flexibility index (Phi) is 4.51. The highest BCUT2D eigenvalue weighted by Gasteiger charge is 2.37. The second-order valence-electron chi connectivity index (χ2n) is 3.37. The molecule has 0 aromatic heterocycles. The van der Waals surface area contributed by atoms with Crippen molar-refractivity contribution in [1.82, 2.24) is 5.32 Å². The maximum absolute atomic E-state index is 12.2. The molecule has 0 unspecified atom stereocenters.